The van der Waals surface area contributed by atoms with Gasteiger partial charge in [-0.1, -0.05) is 41.4 Å². The van der Waals surface area contributed by atoms with Gasteiger partial charge in [-0.05, 0) is 84.3 Å². The molecule has 3 N–H and O–H groups in total. The highest BCUT2D eigenvalue weighted by atomic mass is 35.5. The highest BCUT2D eigenvalue weighted by molar-refractivity contribution is 6.42. The van der Waals surface area contributed by atoms with Crippen molar-refractivity contribution in [3.8, 4) is 22.9 Å². The number of rotatable bonds is 14. The van der Waals surface area contributed by atoms with E-state index in [1.54, 1.807) is 13.0 Å². The predicted molar refractivity (Wildman–Crippen MR) is 185 cm³/mol. The van der Waals surface area contributed by atoms with Crippen LogP contribution in [0.5, 0.6) is 11.5 Å². The summed E-state index contributed by atoms with van der Waals surface area (Å²) in [7, 11) is 0. The number of aliphatic hydroxyl groups is 2. The Labute approximate surface area is 283 Å². The number of hydrogen-bond acceptors (Lipinski definition) is 8. The Kier molecular flexibility index (Phi) is 10.3. The molecule has 1 unspecified atom stereocenters. The minimum Gasteiger partial charge on any atom is -0.454 e. The summed E-state index contributed by atoms with van der Waals surface area (Å²) in [6, 6.07) is 25.3. The van der Waals surface area contributed by atoms with Gasteiger partial charge in [0.1, 0.15) is 11.6 Å². The molecular weight excluding hydrogens is 639 g/mol. The first-order valence-electron chi connectivity index (χ1n) is 15.5. The third-order valence-electron chi connectivity index (χ3n) is 8.21. The number of carbonyl (C=O) groups is 1. The largest absolute Gasteiger partial charge is 0.454 e. The second-order valence-electron chi connectivity index (χ2n) is 11.5. The lowest BCUT2D eigenvalue weighted by molar-refractivity contribution is -0.117. The zero-order chi connectivity index (χ0) is 32.9. The van der Waals surface area contributed by atoms with Crippen molar-refractivity contribution in [1.82, 2.24) is 14.9 Å². The number of aromatic nitrogens is 2. The Morgan fingerprint density at radius 3 is 2.38 bits per heavy atom. The van der Waals surface area contributed by atoms with Gasteiger partial charge in [0.25, 0.3) is 0 Å². The normalized spacial score (nSPS) is 12.9. The van der Waals surface area contributed by atoms with E-state index in [9.17, 15) is 15.0 Å². The number of anilines is 1. The van der Waals surface area contributed by atoms with Crippen LogP contribution >= 0.6 is 23.2 Å². The van der Waals surface area contributed by atoms with Gasteiger partial charge in [-0.3, -0.25) is 4.79 Å². The Hall–Kier alpha value is -4.12. The number of hydrogen-bond donors (Lipinski definition) is 3. The zero-order valence-corrected chi connectivity index (χ0v) is 27.5. The number of halogens is 2. The molecule has 9 nitrogen and oxygen atoms in total. The van der Waals surface area contributed by atoms with E-state index in [-0.39, 0.29) is 31.8 Å². The number of Topliss-reactive ketones (excluding diaryl/α,β-unsaturated/α-hetero) is 1. The van der Waals surface area contributed by atoms with E-state index in [2.05, 4.69) is 16.0 Å². The molecule has 5 aromatic rings. The van der Waals surface area contributed by atoms with Crippen molar-refractivity contribution in [3.63, 3.8) is 0 Å². The summed E-state index contributed by atoms with van der Waals surface area (Å²) >= 11 is 12.3. The van der Waals surface area contributed by atoms with E-state index in [4.69, 9.17) is 37.7 Å². The lowest BCUT2D eigenvalue weighted by atomic mass is 10.0. The van der Waals surface area contributed by atoms with Crippen molar-refractivity contribution in [3.05, 3.63) is 106 Å². The van der Waals surface area contributed by atoms with E-state index in [1.807, 2.05) is 71.6 Å². The summed E-state index contributed by atoms with van der Waals surface area (Å²) < 4.78 is 13.3. The molecule has 4 aromatic carbocycles. The van der Waals surface area contributed by atoms with Gasteiger partial charge in [0.05, 0.1) is 34.3 Å². The molecule has 11 heteroatoms. The number of nitrogens with zero attached hydrogens (tertiary/aromatic N) is 3. The predicted octanol–water partition coefficient (Wildman–Crippen LogP) is 6.39. The van der Waals surface area contributed by atoms with Crippen molar-refractivity contribution < 1.29 is 24.5 Å². The minimum absolute atomic E-state index is 0.0116. The van der Waals surface area contributed by atoms with E-state index in [1.165, 1.54) is 0 Å². The fourth-order valence-electron chi connectivity index (χ4n) is 5.88. The molecule has 244 valence electrons. The maximum absolute atomic E-state index is 12.3. The summed E-state index contributed by atoms with van der Waals surface area (Å²) in [6.45, 7) is 3.67. The molecule has 6 rings (SSSR count). The Balaban J connectivity index is 1.37. The summed E-state index contributed by atoms with van der Waals surface area (Å²) in [5, 5.41) is 23.5. The Bertz CT molecular complexity index is 1870. The van der Waals surface area contributed by atoms with Crippen LogP contribution in [-0.2, 0) is 17.9 Å². The number of aliphatic hydroxyl groups excluding tert-OH is 2. The van der Waals surface area contributed by atoms with E-state index < -0.39 is 0 Å². The second-order valence-corrected chi connectivity index (χ2v) is 12.3. The highest BCUT2D eigenvalue weighted by Crippen LogP contribution is 2.35. The number of nitrogens with one attached hydrogen (secondary N) is 1. The first-order valence-corrected chi connectivity index (χ1v) is 16.2. The molecule has 2 heterocycles. The number of ether oxygens (including phenoxy) is 2. The van der Waals surface area contributed by atoms with Gasteiger partial charge in [0.2, 0.25) is 6.79 Å². The zero-order valence-electron chi connectivity index (χ0n) is 26.0. The van der Waals surface area contributed by atoms with Crippen LogP contribution in [0.4, 0.5) is 5.69 Å². The topological polar surface area (TPSA) is 109 Å². The summed E-state index contributed by atoms with van der Waals surface area (Å²) in [6.07, 6.45) is 0.317. The van der Waals surface area contributed by atoms with Gasteiger partial charge >= 0.3 is 0 Å². The SMILES string of the molecule is CC(=O)CC(NCc1ccc(Cl)c(Cl)c1)c1ccc2c(c1)nc(-c1ccc(N(CCO)CCO)cc1)n2Cc1ccc2c(c1)OCO2. The van der Waals surface area contributed by atoms with Crippen molar-refractivity contribution in [2.45, 2.75) is 32.5 Å². The molecule has 0 radical (unpaired) electrons. The van der Waals surface area contributed by atoms with E-state index in [0.29, 0.717) is 48.4 Å². The monoisotopic (exact) mass is 674 g/mol. The smallest absolute Gasteiger partial charge is 0.231 e. The molecule has 1 aliphatic rings. The Morgan fingerprint density at radius 1 is 0.915 bits per heavy atom. The molecule has 0 saturated carbocycles. The first kappa shape index (κ1) is 32.8. The molecule has 47 heavy (non-hydrogen) atoms. The average molecular weight is 676 g/mol. The number of imidazole rings is 1. The van der Waals surface area contributed by atoms with Crippen LogP contribution in [0.2, 0.25) is 10.0 Å². The Morgan fingerprint density at radius 2 is 1.66 bits per heavy atom. The van der Waals surface area contributed by atoms with Crippen LogP contribution in [0.1, 0.15) is 36.1 Å². The van der Waals surface area contributed by atoms with Gasteiger partial charge in [-0.25, -0.2) is 4.98 Å². The molecular formula is C36H36Cl2N4O5. The maximum Gasteiger partial charge on any atom is 0.231 e. The van der Waals surface area contributed by atoms with Crippen LogP contribution in [0, 0.1) is 0 Å². The standard InChI is InChI=1S/C36H36Cl2N4O5/c1-23(45)16-31(39-20-24-2-9-29(37)30(38)17-24)27-6-10-33-32(19-27)40-36(26-4-7-28(8-5-26)41(12-14-43)13-15-44)42(33)21-25-3-11-34-35(18-25)47-22-46-34/h2-11,17-19,31,39,43-44H,12-16,20-22H2,1H3. The summed E-state index contributed by atoms with van der Waals surface area (Å²) in [4.78, 5) is 19.4. The summed E-state index contributed by atoms with van der Waals surface area (Å²) in [5.74, 6) is 2.30. The molecule has 1 aromatic heterocycles. The second kappa shape index (κ2) is 14.8. The van der Waals surface area contributed by atoms with Crippen LogP contribution in [0.3, 0.4) is 0 Å². The lowest BCUT2D eigenvalue weighted by Gasteiger charge is -2.23. The minimum atomic E-state index is -0.239. The van der Waals surface area contributed by atoms with Gasteiger partial charge in [0.15, 0.2) is 11.5 Å². The van der Waals surface area contributed by atoms with Crippen molar-refractivity contribution >= 4 is 45.7 Å². The molecule has 1 atom stereocenters. The van der Waals surface area contributed by atoms with Gasteiger partial charge < -0.3 is 34.5 Å². The number of fused-ring (bicyclic) bond motifs is 2. The number of carbonyl (C=O) groups excluding carboxylic acids is 1. The summed E-state index contributed by atoms with van der Waals surface area (Å²) in [5.41, 5.74) is 6.50. The molecule has 0 spiro atoms. The van der Waals surface area contributed by atoms with Gasteiger partial charge in [-0.15, -0.1) is 0 Å². The molecule has 0 saturated heterocycles. The average Bonchev–Trinajstić information content (AvgIpc) is 3.68. The first-order chi connectivity index (χ1) is 22.8. The van der Waals surface area contributed by atoms with E-state index >= 15 is 0 Å². The van der Waals surface area contributed by atoms with Crippen LogP contribution in [0.25, 0.3) is 22.4 Å². The lowest BCUT2D eigenvalue weighted by Crippen LogP contribution is -2.29. The highest BCUT2D eigenvalue weighted by Gasteiger charge is 2.20. The fourth-order valence-corrected chi connectivity index (χ4v) is 6.21. The third-order valence-corrected chi connectivity index (χ3v) is 8.95. The third kappa shape index (κ3) is 7.56. The quantitative estimate of drug-likeness (QED) is 0.124. The fraction of sp³-hybridized carbons (Fsp3) is 0.278. The van der Waals surface area contributed by atoms with Crippen molar-refractivity contribution in [2.75, 3.05) is 38.0 Å². The van der Waals surface area contributed by atoms with Gasteiger partial charge in [0, 0.05) is 49.9 Å². The van der Waals surface area contributed by atoms with Crippen LogP contribution in [-0.4, -0.2) is 58.6 Å². The van der Waals surface area contributed by atoms with Gasteiger partial charge in [-0.2, -0.15) is 0 Å². The number of benzene rings is 4. The molecule has 0 bridgehead atoms. The van der Waals surface area contributed by atoms with Crippen molar-refractivity contribution in [2.24, 2.45) is 0 Å². The maximum atomic E-state index is 12.3. The molecule has 0 amide bonds. The molecule has 0 aliphatic carbocycles. The van der Waals surface area contributed by atoms with E-state index in [0.717, 1.165) is 50.5 Å². The van der Waals surface area contributed by atoms with Crippen molar-refractivity contribution in [1.29, 1.82) is 0 Å². The van der Waals surface area contributed by atoms with Crippen LogP contribution in [0.15, 0.2) is 78.9 Å². The van der Waals surface area contributed by atoms with Crippen LogP contribution < -0.4 is 19.7 Å². The molecule has 1 aliphatic heterocycles. The number of ketones is 1. The molecule has 0 fully saturated rings.